The summed E-state index contributed by atoms with van der Waals surface area (Å²) in [6.07, 6.45) is 0.477. The number of nitrogens with one attached hydrogen (secondary N) is 2. The molecule has 7 heteroatoms. The van der Waals surface area contributed by atoms with E-state index in [4.69, 9.17) is 0 Å². The molecule has 1 atom stereocenters. The summed E-state index contributed by atoms with van der Waals surface area (Å²) >= 11 is 1.23. The van der Waals surface area contributed by atoms with E-state index in [2.05, 4.69) is 20.5 Å². The van der Waals surface area contributed by atoms with Gasteiger partial charge in [-0.2, -0.15) is 0 Å². The largest absolute Gasteiger partial charge is 0.345 e. The Kier molecular flexibility index (Phi) is 6.60. The van der Waals surface area contributed by atoms with Crippen LogP contribution in [0, 0.1) is 6.92 Å². The molecule has 0 spiro atoms. The van der Waals surface area contributed by atoms with Gasteiger partial charge in [0.25, 0.3) is 0 Å². The van der Waals surface area contributed by atoms with E-state index in [-0.39, 0.29) is 17.4 Å². The molecule has 0 saturated heterocycles. The maximum atomic E-state index is 12.3. The van der Waals surface area contributed by atoms with Gasteiger partial charge in [0.1, 0.15) is 0 Å². The number of aromatic nitrogens is 3. The Morgan fingerprint density at radius 2 is 1.82 bits per heavy atom. The number of nitrogens with zero attached hydrogens (tertiary/aromatic N) is 2. The molecule has 0 radical (unpaired) electrons. The van der Waals surface area contributed by atoms with Crippen LogP contribution in [-0.2, 0) is 16.0 Å². The number of rotatable bonds is 8. The topological polar surface area (TPSA) is 87.7 Å². The summed E-state index contributed by atoms with van der Waals surface area (Å²) in [5.74, 6) is 0.516. The first-order valence-electron chi connectivity index (χ1n) is 8.97. The minimum atomic E-state index is -0.536. The van der Waals surface area contributed by atoms with Crippen LogP contribution in [0.1, 0.15) is 18.1 Å². The third-order valence-corrected chi connectivity index (χ3v) is 5.08. The number of carbonyl (C=O) groups is 2. The van der Waals surface area contributed by atoms with Gasteiger partial charge in [0.2, 0.25) is 11.1 Å². The Hall–Kier alpha value is -2.93. The van der Waals surface area contributed by atoms with Crippen molar-refractivity contribution in [3.63, 3.8) is 0 Å². The third kappa shape index (κ3) is 5.53. The minimum absolute atomic E-state index is 0.0678. The molecule has 0 bridgehead atoms. The number of carbonyl (C=O) groups excluding carboxylic acids is 2. The summed E-state index contributed by atoms with van der Waals surface area (Å²) in [5, 5.41) is 10.3. The van der Waals surface area contributed by atoms with Gasteiger partial charge in [0, 0.05) is 5.56 Å². The molecule has 2 aromatic carbocycles. The molecule has 0 unspecified atom stereocenters. The van der Waals surface area contributed by atoms with Crippen molar-refractivity contribution in [3.8, 4) is 11.4 Å². The molecule has 28 heavy (non-hydrogen) atoms. The number of aryl methyl sites for hydroxylation is 1. The van der Waals surface area contributed by atoms with E-state index in [0.29, 0.717) is 17.4 Å². The summed E-state index contributed by atoms with van der Waals surface area (Å²) in [5.41, 5.74) is 3.12. The lowest BCUT2D eigenvalue weighted by Gasteiger charge is -2.15. The van der Waals surface area contributed by atoms with Crippen LogP contribution in [0.25, 0.3) is 11.4 Å². The van der Waals surface area contributed by atoms with E-state index in [9.17, 15) is 9.59 Å². The van der Waals surface area contributed by atoms with Gasteiger partial charge < -0.3 is 5.32 Å². The molecule has 0 aliphatic heterocycles. The van der Waals surface area contributed by atoms with Crippen molar-refractivity contribution < 1.29 is 9.59 Å². The van der Waals surface area contributed by atoms with E-state index in [1.807, 2.05) is 61.5 Å². The summed E-state index contributed by atoms with van der Waals surface area (Å²) < 4.78 is 0. The Bertz CT molecular complexity index is 939. The van der Waals surface area contributed by atoms with Crippen LogP contribution in [0.2, 0.25) is 0 Å². The number of hydrogen-bond acceptors (Lipinski definition) is 5. The number of ketones is 1. The summed E-state index contributed by atoms with van der Waals surface area (Å²) in [4.78, 5) is 28.6. The number of benzene rings is 2. The fourth-order valence-corrected chi connectivity index (χ4v) is 3.27. The zero-order valence-corrected chi connectivity index (χ0v) is 16.6. The van der Waals surface area contributed by atoms with E-state index < -0.39 is 6.04 Å². The third-order valence-electron chi connectivity index (χ3n) is 4.23. The number of thioether (sulfide) groups is 1. The van der Waals surface area contributed by atoms with Crippen molar-refractivity contribution in [2.45, 2.75) is 31.5 Å². The van der Waals surface area contributed by atoms with Crippen LogP contribution < -0.4 is 5.32 Å². The maximum Gasteiger partial charge on any atom is 0.231 e. The van der Waals surface area contributed by atoms with Crippen LogP contribution in [0.3, 0.4) is 0 Å². The van der Waals surface area contributed by atoms with Gasteiger partial charge in [-0.15, -0.1) is 5.10 Å². The van der Waals surface area contributed by atoms with E-state index >= 15 is 0 Å². The number of H-pyrrole nitrogens is 1. The van der Waals surface area contributed by atoms with Crippen LogP contribution >= 0.6 is 11.8 Å². The van der Waals surface area contributed by atoms with Crippen LogP contribution in [0.15, 0.2) is 59.8 Å². The van der Waals surface area contributed by atoms with Gasteiger partial charge in [-0.1, -0.05) is 71.9 Å². The lowest BCUT2D eigenvalue weighted by molar-refractivity contribution is -0.125. The first kappa shape index (κ1) is 19.8. The molecule has 0 aliphatic rings. The quantitative estimate of drug-likeness (QED) is 0.573. The lowest BCUT2D eigenvalue weighted by atomic mass is 10.0. The molecule has 3 aromatic rings. The zero-order valence-electron chi connectivity index (χ0n) is 15.8. The molecule has 2 N–H and O–H groups in total. The number of hydrogen-bond donors (Lipinski definition) is 2. The Morgan fingerprint density at radius 3 is 2.50 bits per heavy atom. The van der Waals surface area contributed by atoms with Gasteiger partial charge in [-0.25, -0.2) is 4.98 Å². The molecule has 1 amide bonds. The summed E-state index contributed by atoms with van der Waals surface area (Å²) in [7, 11) is 0. The van der Waals surface area contributed by atoms with Gasteiger partial charge >= 0.3 is 0 Å². The average molecular weight is 395 g/mol. The van der Waals surface area contributed by atoms with Crippen LogP contribution in [-0.4, -0.2) is 38.7 Å². The molecule has 1 aromatic heterocycles. The van der Waals surface area contributed by atoms with Gasteiger partial charge in [0.05, 0.1) is 11.8 Å². The summed E-state index contributed by atoms with van der Waals surface area (Å²) in [6.45, 7) is 3.51. The van der Waals surface area contributed by atoms with Crippen LogP contribution in [0.4, 0.5) is 0 Å². The Labute approximate surface area is 168 Å². The monoisotopic (exact) mass is 394 g/mol. The highest BCUT2D eigenvalue weighted by molar-refractivity contribution is 7.99. The van der Waals surface area contributed by atoms with E-state index in [1.54, 1.807) is 0 Å². The molecule has 3 rings (SSSR count). The zero-order chi connectivity index (χ0) is 19.9. The Morgan fingerprint density at radius 1 is 1.11 bits per heavy atom. The summed E-state index contributed by atoms with van der Waals surface area (Å²) in [6, 6.07) is 17.1. The second kappa shape index (κ2) is 9.32. The minimum Gasteiger partial charge on any atom is -0.345 e. The number of Topliss-reactive ketones (excluding diaryl/α,β-unsaturated/α-hetero) is 1. The highest BCUT2D eigenvalue weighted by Gasteiger charge is 2.18. The highest BCUT2D eigenvalue weighted by atomic mass is 32.2. The van der Waals surface area contributed by atoms with Gasteiger partial charge in [-0.3, -0.25) is 14.7 Å². The smallest absolute Gasteiger partial charge is 0.231 e. The van der Waals surface area contributed by atoms with Crippen molar-refractivity contribution in [1.82, 2.24) is 20.5 Å². The number of amides is 1. The fourth-order valence-electron chi connectivity index (χ4n) is 2.66. The SMILES string of the molecule is CC(=O)[C@H](Cc1ccccc1)NC(=O)CSc1n[nH]c(-c2ccc(C)cc2)n1. The molecular weight excluding hydrogens is 372 g/mol. The Balaban J connectivity index is 1.54. The fraction of sp³-hybridized carbons (Fsp3) is 0.238. The van der Waals surface area contributed by atoms with Crippen molar-refractivity contribution in [2.75, 3.05) is 5.75 Å². The van der Waals surface area contributed by atoms with Gasteiger partial charge in [-0.05, 0) is 25.8 Å². The predicted octanol–water partition coefficient (Wildman–Crippen LogP) is 3.19. The molecular formula is C21H22N4O2S. The molecule has 6 nitrogen and oxygen atoms in total. The molecule has 0 aliphatic carbocycles. The maximum absolute atomic E-state index is 12.3. The first-order chi connectivity index (χ1) is 13.5. The average Bonchev–Trinajstić information content (AvgIpc) is 3.16. The van der Waals surface area contributed by atoms with E-state index in [0.717, 1.165) is 11.1 Å². The van der Waals surface area contributed by atoms with Crippen molar-refractivity contribution in [3.05, 3.63) is 65.7 Å². The number of aromatic amines is 1. The standard InChI is InChI=1S/C21H22N4O2S/c1-14-8-10-17(11-9-14)20-23-21(25-24-20)28-13-19(27)22-18(15(2)26)12-16-6-4-3-5-7-16/h3-11,18H,12-13H2,1-2H3,(H,22,27)(H,23,24,25)/t18-/m0/s1. The molecule has 1 heterocycles. The van der Waals surface area contributed by atoms with Crippen LogP contribution in [0.5, 0.6) is 0 Å². The highest BCUT2D eigenvalue weighted by Crippen LogP contribution is 2.19. The molecule has 144 valence electrons. The van der Waals surface area contributed by atoms with Gasteiger partial charge in [0.15, 0.2) is 11.6 Å². The molecule has 0 fully saturated rings. The normalized spacial score (nSPS) is 11.8. The second-order valence-corrected chi connectivity index (χ2v) is 7.48. The lowest BCUT2D eigenvalue weighted by Crippen LogP contribution is -2.42. The van der Waals surface area contributed by atoms with Crippen molar-refractivity contribution in [1.29, 1.82) is 0 Å². The second-order valence-electron chi connectivity index (χ2n) is 6.54. The molecule has 0 saturated carbocycles. The van der Waals surface area contributed by atoms with Crippen molar-refractivity contribution >= 4 is 23.5 Å². The predicted molar refractivity (Wildman–Crippen MR) is 110 cm³/mol. The van der Waals surface area contributed by atoms with Crippen molar-refractivity contribution in [2.24, 2.45) is 0 Å². The van der Waals surface area contributed by atoms with E-state index in [1.165, 1.54) is 24.2 Å². The first-order valence-corrected chi connectivity index (χ1v) is 9.96.